The highest BCUT2D eigenvalue weighted by Gasteiger charge is 2.10. The van der Waals surface area contributed by atoms with Gasteiger partial charge in [-0.1, -0.05) is 23.0 Å². The van der Waals surface area contributed by atoms with E-state index < -0.39 is 0 Å². The van der Waals surface area contributed by atoms with Gasteiger partial charge in [0, 0.05) is 11.8 Å². The Bertz CT molecular complexity index is 690. The van der Waals surface area contributed by atoms with Gasteiger partial charge in [0.25, 0.3) is 5.89 Å². The zero-order valence-corrected chi connectivity index (χ0v) is 12.2. The lowest BCUT2D eigenvalue weighted by Crippen LogP contribution is -1.97. The van der Waals surface area contributed by atoms with Crippen molar-refractivity contribution in [2.45, 2.75) is 17.8 Å². The molecule has 2 N–H and O–H groups in total. The van der Waals surface area contributed by atoms with Crippen LogP contribution in [0.2, 0.25) is 0 Å². The van der Waals surface area contributed by atoms with Crippen LogP contribution in [-0.4, -0.2) is 20.1 Å². The summed E-state index contributed by atoms with van der Waals surface area (Å²) in [7, 11) is 0. The molecule has 0 spiro atoms. The summed E-state index contributed by atoms with van der Waals surface area (Å²) >= 11 is 2.99. The van der Waals surface area contributed by atoms with Gasteiger partial charge < -0.3 is 10.3 Å². The summed E-state index contributed by atoms with van der Waals surface area (Å²) in [4.78, 5) is 13.7. The molecule has 0 radical (unpaired) electrons. The maximum atomic E-state index is 5.68. The fourth-order valence-electron chi connectivity index (χ4n) is 1.57. The normalized spacial score (nSPS) is 10.8. The molecule has 8 heteroatoms. The monoisotopic (exact) mass is 305 g/mol. The van der Waals surface area contributed by atoms with Gasteiger partial charge in [0.05, 0.1) is 10.6 Å². The Morgan fingerprint density at radius 3 is 3.00 bits per heavy atom. The van der Waals surface area contributed by atoms with E-state index in [9.17, 15) is 0 Å². The van der Waals surface area contributed by atoms with Gasteiger partial charge in [-0.15, -0.1) is 11.3 Å². The highest BCUT2D eigenvalue weighted by Crippen LogP contribution is 2.24. The molecule has 0 unspecified atom stereocenters. The minimum absolute atomic E-state index is 0.465. The van der Waals surface area contributed by atoms with Crippen LogP contribution >= 0.6 is 23.1 Å². The summed E-state index contributed by atoms with van der Waals surface area (Å²) in [6.07, 6.45) is 0. The molecule has 3 rings (SSSR count). The second kappa shape index (κ2) is 5.59. The molecular formula is C12H11N5OS2. The van der Waals surface area contributed by atoms with Gasteiger partial charge in [-0.05, 0) is 18.4 Å². The lowest BCUT2D eigenvalue weighted by molar-refractivity contribution is 0.426. The zero-order chi connectivity index (χ0) is 13.9. The smallest absolute Gasteiger partial charge is 0.268 e. The van der Waals surface area contributed by atoms with Crippen molar-refractivity contribution in [3.8, 4) is 10.8 Å². The van der Waals surface area contributed by atoms with E-state index in [2.05, 4.69) is 20.1 Å². The molecule has 3 aromatic rings. The van der Waals surface area contributed by atoms with Crippen molar-refractivity contribution < 1.29 is 4.52 Å². The minimum Gasteiger partial charge on any atom is -0.384 e. The summed E-state index contributed by atoms with van der Waals surface area (Å²) in [5.41, 5.74) is 6.52. The van der Waals surface area contributed by atoms with E-state index in [1.807, 2.05) is 24.4 Å². The average Bonchev–Trinajstić information content (AvgIpc) is 3.06. The molecule has 20 heavy (non-hydrogen) atoms. The second-order valence-electron chi connectivity index (χ2n) is 4.00. The first-order valence-corrected chi connectivity index (χ1v) is 7.67. The maximum absolute atomic E-state index is 5.68. The largest absolute Gasteiger partial charge is 0.384 e. The van der Waals surface area contributed by atoms with Crippen molar-refractivity contribution in [2.75, 3.05) is 5.73 Å². The number of nitrogen functional groups attached to an aromatic ring is 1. The molecule has 0 bridgehead atoms. The molecule has 102 valence electrons. The summed E-state index contributed by atoms with van der Waals surface area (Å²) in [6, 6.07) is 5.62. The van der Waals surface area contributed by atoms with E-state index in [0.29, 0.717) is 28.4 Å². The second-order valence-corrected chi connectivity index (χ2v) is 5.89. The van der Waals surface area contributed by atoms with Crippen LogP contribution in [0.5, 0.6) is 0 Å². The Morgan fingerprint density at radius 1 is 1.35 bits per heavy atom. The van der Waals surface area contributed by atoms with Crippen molar-refractivity contribution in [2.24, 2.45) is 0 Å². The van der Waals surface area contributed by atoms with Gasteiger partial charge in [0.1, 0.15) is 5.82 Å². The Hall–Kier alpha value is -1.93. The van der Waals surface area contributed by atoms with Crippen LogP contribution in [0.25, 0.3) is 10.8 Å². The first-order valence-electron chi connectivity index (χ1n) is 5.81. The van der Waals surface area contributed by atoms with E-state index in [1.54, 1.807) is 17.4 Å². The summed E-state index contributed by atoms with van der Waals surface area (Å²) < 4.78 is 5.22. The highest BCUT2D eigenvalue weighted by atomic mass is 32.2. The van der Waals surface area contributed by atoms with Gasteiger partial charge in [-0.2, -0.15) is 4.98 Å². The quantitative estimate of drug-likeness (QED) is 0.585. The molecule has 0 aromatic carbocycles. The van der Waals surface area contributed by atoms with Crippen LogP contribution in [0.1, 0.15) is 11.5 Å². The number of hydrogen-bond acceptors (Lipinski definition) is 8. The molecule has 0 saturated heterocycles. The molecule has 0 amide bonds. The van der Waals surface area contributed by atoms with Crippen molar-refractivity contribution in [1.29, 1.82) is 0 Å². The fourth-order valence-corrected chi connectivity index (χ4v) is 2.97. The van der Waals surface area contributed by atoms with Crippen LogP contribution in [0, 0.1) is 6.92 Å². The molecule has 0 aliphatic rings. The van der Waals surface area contributed by atoms with E-state index in [1.165, 1.54) is 11.8 Å². The predicted molar refractivity (Wildman–Crippen MR) is 78.4 cm³/mol. The Morgan fingerprint density at radius 2 is 2.25 bits per heavy atom. The molecule has 3 aromatic heterocycles. The van der Waals surface area contributed by atoms with Crippen LogP contribution in [0.3, 0.4) is 0 Å². The van der Waals surface area contributed by atoms with Crippen molar-refractivity contribution >= 4 is 28.9 Å². The Balaban J connectivity index is 1.69. The highest BCUT2D eigenvalue weighted by molar-refractivity contribution is 7.98. The maximum Gasteiger partial charge on any atom is 0.268 e. The Labute approximate surface area is 123 Å². The molecule has 6 nitrogen and oxygen atoms in total. The SMILES string of the molecule is Cc1cc(N)nc(SCc2noc(-c3cccs3)n2)n1. The number of hydrogen-bond donors (Lipinski definition) is 1. The molecular weight excluding hydrogens is 294 g/mol. The third-order valence-corrected chi connectivity index (χ3v) is 4.09. The number of nitrogens with zero attached hydrogens (tertiary/aromatic N) is 4. The van der Waals surface area contributed by atoms with E-state index in [4.69, 9.17) is 10.3 Å². The molecule has 3 heterocycles. The van der Waals surface area contributed by atoms with Crippen molar-refractivity contribution in [3.05, 3.63) is 35.1 Å². The number of thiophene rings is 1. The number of thioether (sulfide) groups is 1. The van der Waals surface area contributed by atoms with Crippen molar-refractivity contribution in [1.82, 2.24) is 20.1 Å². The Kier molecular flexibility index (Phi) is 3.66. The third kappa shape index (κ3) is 2.97. The first-order chi connectivity index (χ1) is 9.70. The summed E-state index contributed by atoms with van der Waals surface area (Å²) in [6.45, 7) is 1.88. The zero-order valence-electron chi connectivity index (χ0n) is 10.6. The van der Waals surface area contributed by atoms with E-state index >= 15 is 0 Å². The third-order valence-electron chi connectivity index (χ3n) is 2.38. The van der Waals surface area contributed by atoms with Crippen LogP contribution < -0.4 is 5.73 Å². The topological polar surface area (TPSA) is 90.7 Å². The summed E-state index contributed by atoms with van der Waals surface area (Å²) in [5.74, 6) is 2.16. The molecule has 0 atom stereocenters. The van der Waals surface area contributed by atoms with Gasteiger partial charge >= 0.3 is 0 Å². The number of nitrogens with two attached hydrogens (primary N) is 1. The number of aromatic nitrogens is 4. The van der Waals surface area contributed by atoms with Gasteiger partial charge in [0.15, 0.2) is 11.0 Å². The van der Waals surface area contributed by atoms with Gasteiger partial charge in [-0.3, -0.25) is 0 Å². The summed E-state index contributed by atoms with van der Waals surface area (Å²) in [5, 5.41) is 6.53. The van der Waals surface area contributed by atoms with Crippen LogP contribution in [0.15, 0.2) is 33.3 Å². The lowest BCUT2D eigenvalue weighted by Gasteiger charge is -2.00. The van der Waals surface area contributed by atoms with E-state index in [-0.39, 0.29) is 0 Å². The lowest BCUT2D eigenvalue weighted by atomic mass is 10.4. The van der Waals surface area contributed by atoms with Crippen LogP contribution in [0.4, 0.5) is 5.82 Å². The minimum atomic E-state index is 0.465. The van der Waals surface area contributed by atoms with Crippen molar-refractivity contribution in [3.63, 3.8) is 0 Å². The number of aryl methyl sites for hydroxylation is 1. The number of anilines is 1. The first kappa shape index (κ1) is 13.1. The molecule has 0 saturated carbocycles. The molecule has 0 fully saturated rings. The average molecular weight is 305 g/mol. The van der Waals surface area contributed by atoms with Crippen LogP contribution in [-0.2, 0) is 5.75 Å². The standard InChI is InChI=1S/C12H11N5OS2/c1-7-5-9(13)15-12(14-7)20-6-10-16-11(18-17-10)8-3-2-4-19-8/h2-5H,6H2,1H3,(H2,13,14,15). The number of rotatable bonds is 4. The van der Waals surface area contributed by atoms with Gasteiger partial charge in [0.2, 0.25) is 0 Å². The molecule has 0 aliphatic heterocycles. The van der Waals surface area contributed by atoms with E-state index in [0.717, 1.165) is 10.6 Å². The fraction of sp³-hybridized carbons (Fsp3) is 0.167. The van der Waals surface area contributed by atoms with Gasteiger partial charge in [-0.25, -0.2) is 9.97 Å². The predicted octanol–water partition coefficient (Wildman–Crippen LogP) is 2.77. The molecule has 0 aliphatic carbocycles.